The summed E-state index contributed by atoms with van der Waals surface area (Å²) in [6.45, 7) is 6.00. The lowest BCUT2D eigenvalue weighted by molar-refractivity contribution is -0.143. The number of carbonyl (C=O) groups is 2. The average Bonchev–Trinajstić information content (AvgIpc) is 3.43. The number of hydrogen-bond acceptors (Lipinski definition) is 4. The maximum Gasteiger partial charge on any atom is 0.251 e. The standard InChI is InChI=1S/C22H30N4O3/c1-16(25-10-12-26(13-11-25)22(28)20-7-4-14-29-20)21(27)23-9-8-17-15-24-19-6-3-2-5-18(17)19/h2-3,5-6,15-16,20,24H,4,7-14H2,1H3,(H,23,27). The van der Waals surface area contributed by atoms with E-state index in [-0.39, 0.29) is 24.0 Å². The van der Waals surface area contributed by atoms with Gasteiger partial charge < -0.3 is 19.9 Å². The topological polar surface area (TPSA) is 77.7 Å². The van der Waals surface area contributed by atoms with Crippen LogP contribution in [0.15, 0.2) is 30.5 Å². The van der Waals surface area contributed by atoms with Gasteiger partial charge in [-0.15, -0.1) is 0 Å². The fourth-order valence-corrected chi connectivity index (χ4v) is 4.28. The van der Waals surface area contributed by atoms with Gasteiger partial charge in [-0.25, -0.2) is 0 Å². The van der Waals surface area contributed by atoms with Crippen LogP contribution in [-0.2, 0) is 20.7 Å². The van der Waals surface area contributed by atoms with E-state index in [2.05, 4.69) is 27.3 Å². The highest BCUT2D eigenvalue weighted by atomic mass is 16.5. The smallest absolute Gasteiger partial charge is 0.251 e. The van der Waals surface area contributed by atoms with E-state index < -0.39 is 0 Å². The van der Waals surface area contributed by atoms with Crippen LogP contribution in [0.25, 0.3) is 10.9 Å². The number of hydrogen-bond donors (Lipinski definition) is 2. The number of para-hydroxylation sites is 1. The number of fused-ring (bicyclic) bond motifs is 1. The highest BCUT2D eigenvalue weighted by molar-refractivity contribution is 5.84. The Kier molecular flexibility index (Phi) is 6.16. The van der Waals surface area contributed by atoms with Crippen molar-refractivity contribution >= 4 is 22.7 Å². The SMILES string of the molecule is CC(C(=O)NCCc1c[nH]c2ccccc12)N1CCN(C(=O)C2CCCO2)CC1. The molecule has 2 amide bonds. The Hall–Kier alpha value is -2.38. The van der Waals surface area contributed by atoms with Gasteiger partial charge in [0.1, 0.15) is 6.10 Å². The summed E-state index contributed by atoms with van der Waals surface area (Å²) in [4.78, 5) is 32.4. The molecule has 2 N–H and O–H groups in total. The number of aromatic amines is 1. The van der Waals surface area contributed by atoms with Crippen LogP contribution in [0.4, 0.5) is 0 Å². The minimum Gasteiger partial charge on any atom is -0.368 e. The number of aromatic nitrogens is 1. The molecular formula is C22H30N4O3. The Morgan fingerprint density at radius 3 is 2.79 bits per heavy atom. The number of nitrogens with one attached hydrogen (secondary N) is 2. The monoisotopic (exact) mass is 398 g/mol. The first-order valence-electron chi connectivity index (χ1n) is 10.6. The van der Waals surface area contributed by atoms with E-state index in [1.807, 2.05) is 30.2 Å². The number of rotatable bonds is 6. The molecule has 2 aliphatic rings. The van der Waals surface area contributed by atoms with E-state index in [1.54, 1.807) is 0 Å². The van der Waals surface area contributed by atoms with Crippen LogP contribution in [0, 0.1) is 0 Å². The highest BCUT2D eigenvalue weighted by Gasteiger charge is 2.32. The Morgan fingerprint density at radius 2 is 2.03 bits per heavy atom. The predicted molar refractivity (Wildman–Crippen MR) is 112 cm³/mol. The van der Waals surface area contributed by atoms with Crippen LogP contribution in [0.3, 0.4) is 0 Å². The lowest BCUT2D eigenvalue weighted by Crippen LogP contribution is -2.56. The second-order valence-electron chi connectivity index (χ2n) is 7.94. The summed E-state index contributed by atoms with van der Waals surface area (Å²) >= 11 is 0. The molecule has 3 heterocycles. The van der Waals surface area contributed by atoms with Gasteiger partial charge in [0.2, 0.25) is 5.91 Å². The summed E-state index contributed by atoms with van der Waals surface area (Å²) in [7, 11) is 0. The maximum atomic E-state index is 12.6. The molecule has 0 bridgehead atoms. The highest BCUT2D eigenvalue weighted by Crippen LogP contribution is 2.18. The third-order valence-electron chi connectivity index (χ3n) is 6.13. The van der Waals surface area contributed by atoms with Gasteiger partial charge >= 0.3 is 0 Å². The number of piperazine rings is 1. The zero-order valence-electron chi connectivity index (χ0n) is 17.0. The molecule has 2 aromatic rings. The summed E-state index contributed by atoms with van der Waals surface area (Å²) in [6, 6.07) is 8.01. The van der Waals surface area contributed by atoms with E-state index in [0.717, 1.165) is 37.9 Å². The molecule has 1 aromatic heterocycles. The molecule has 0 radical (unpaired) electrons. The molecule has 0 saturated carbocycles. The van der Waals surface area contributed by atoms with Gasteiger partial charge in [0.25, 0.3) is 5.91 Å². The Bertz CT molecular complexity index is 851. The minimum absolute atomic E-state index is 0.0451. The third-order valence-corrected chi connectivity index (χ3v) is 6.13. The molecule has 7 nitrogen and oxygen atoms in total. The van der Waals surface area contributed by atoms with E-state index >= 15 is 0 Å². The quantitative estimate of drug-likeness (QED) is 0.774. The van der Waals surface area contributed by atoms with Gasteiger partial charge in [-0.05, 0) is 37.8 Å². The number of benzene rings is 1. The number of carbonyl (C=O) groups excluding carboxylic acids is 2. The number of H-pyrrole nitrogens is 1. The van der Waals surface area contributed by atoms with Crippen molar-refractivity contribution in [1.82, 2.24) is 20.1 Å². The molecule has 2 unspecified atom stereocenters. The zero-order valence-corrected chi connectivity index (χ0v) is 17.0. The largest absolute Gasteiger partial charge is 0.368 e. The van der Waals surface area contributed by atoms with Crippen molar-refractivity contribution in [2.75, 3.05) is 39.3 Å². The Morgan fingerprint density at radius 1 is 1.24 bits per heavy atom. The van der Waals surface area contributed by atoms with Gasteiger partial charge in [-0.2, -0.15) is 0 Å². The normalized spacial score (nSPS) is 21.4. The summed E-state index contributed by atoms with van der Waals surface area (Å²) < 4.78 is 5.51. The molecule has 156 valence electrons. The summed E-state index contributed by atoms with van der Waals surface area (Å²) in [6.07, 6.45) is 4.35. The van der Waals surface area contributed by atoms with E-state index in [9.17, 15) is 9.59 Å². The van der Waals surface area contributed by atoms with Gasteiger partial charge in [0.15, 0.2) is 0 Å². The fourth-order valence-electron chi connectivity index (χ4n) is 4.28. The van der Waals surface area contributed by atoms with Crippen LogP contribution >= 0.6 is 0 Å². The van der Waals surface area contributed by atoms with Crippen molar-refractivity contribution in [3.63, 3.8) is 0 Å². The number of ether oxygens (including phenoxy) is 1. The lowest BCUT2D eigenvalue weighted by atomic mass is 10.1. The molecule has 29 heavy (non-hydrogen) atoms. The third kappa shape index (κ3) is 4.46. The summed E-state index contributed by atoms with van der Waals surface area (Å²) in [5.74, 6) is 0.154. The van der Waals surface area contributed by atoms with Crippen molar-refractivity contribution < 1.29 is 14.3 Å². The van der Waals surface area contributed by atoms with Crippen LogP contribution in [-0.4, -0.2) is 78.1 Å². The first-order chi connectivity index (χ1) is 14.1. The van der Waals surface area contributed by atoms with Crippen molar-refractivity contribution in [3.05, 3.63) is 36.0 Å². The summed E-state index contributed by atoms with van der Waals surface area (Å²) in [5, 5.41) is 4.28. The number of nitrogens with zero attached hydrogens (tertiary/aromatic N) is 2. The molecule has 4 rings (SSSR count). The molecule has 0 spiro atoms. The molecule has 1 aromatic carbocycles. The van der Waals surface area contributed by atoms with Crippen LogP contribution in [0.5, 0.6) is 0 Å². The van der Waals surface area contributed by atoms with Crippen molar-refractivity contribution in [2.24, 2.45) is 0 Å². The molecule has 2 fully saturated rings. The van der Waals surface area contributed by atoms with Gasteiger partial charge in [-0.1, -0.05) is 18.2 Å². The zero-order chi connectivity index (χ0) is 20.2. The maximum absolute atomic E-state index is 12.6. The molecular weight excluding hydrogens is 368 g/mol. The van der Waals surface area contributed by atoms with Crippen molar-refractivity contribution in [1.29, 1.82) is 0 Å². The average molecular weight is 399 g/mol. The predicted octanol–water partition coefficient (Wildman–Crippen LogP) is 1.54. The van der Waals surface area contributed by atoms with Crippen LogP contribution in [0.1, 0.15) is 25.3 Å². The second-order valence-corrected chi connectivity index (χ2v) is 7.94. The fraction of sp³-hybridized carbons (Fsp3) is 0.545. The van der Waals surface area contributed by atoms with Gasteiger partial charge in [0.05, 0.1) is 6.04 Å². The molecule has 0 aliphatic carbocycles. The van der Waals surface area contributed by atoms with Crippen molar-refractivity contribution in [2.45, 2.75) is 38.3 Å². The second kappa shape index (κ2) is 8.97. The van der Waals surface area contributed by atoms with E-state index in [4.69, 9.17) is 4.74 Å². The van der Waals surface area contributed by atoms with Gasteiger partial charge in [-0.3, -0.25) is 14.5 Å². The first-order valence-corrected chi connectivity index (χ1v) is 10.6. The Balaban J connectivity index is 1.22. The van der Waals surface area contributed by atoms with Gasteiger partial charge in [0, 0.05) is 56.4 Å². The van der Waals surface area contributed by atoms with E-state index in [1.165, 1.54) is 10.9 Å². The summed E-state index contributed by atoms with van der Waals surface area (Å²) in [5.41, 5.74) is 2.34. The lowest BCUT2D eigenvalue weighted by Gasteiger charge is -2.38. The number of amides is 2. The molecule has 2 atom stereocenters. The van der Waals surface area contributed by atoms with Crippen molar-refractivity contribution in [3.8, 4) is 0 Å². The minimum atomic E-state index is -0.258. The van der Waals surface area contributed by atoms with E-state index in [0.29, 0.717) is 26.2 Å². The van der Waals surface area contributed by atoms with Crippen LogP contribution < -0.4 is 5.32 Å². The molecule has 2 saturated heterocycles. The van der Waals surface area contributed by atoms with Crippen LogP contribution in [0.2, 0.25) is 0 Å². The molecule has 2 aliphatic heterocycles. The Labute approximate surface area is 171 Å². The molecule has 7 heteroatoms. The first kappa shape index (κ1) is 19.9.